The molecule has 2 aromatic rings. The Hall–Kier alpha value is -1.80. The first-order valence-corrected chi connectivity index (χ1v) is 7.24. The van der Waals surface area contributed by atoms with Crippen molar-refractivity contribution in [3.8, 4) is 5.75 Å². The molecule has 0 saturated carbocycles. The maximum Gasteiger partial charge on any atom is 0.124 e. The normalized spacial score (nSPS) is 12.3. The van der Waals surface area contributed by atoms with Crippen molar-refractivity contribution < 1.29 is 4.74 Å². The lowest BCUT2D eigenvalue weighted by Gasteiger charge is -2.16. The highest BCUT2D eigenvalue weighted by molar-refractivity contribution is 5.87. The van der Waals surface area contributed by atoms with Crippen LogP contribution in [0.1, 0.15) is 25.8 Å². The molecule has 106 valence electrons. The average molecular weight is 269 g/mol. The van der Waals surface area contributed by atoms with Crippen molar-refractivity contribution in [3.63, 3.8) is 0 Å². The lowest BCUT2D eigenvalue weighted by Crippen LogP contribution is -2.24. The standard InChI is InChI=1S/C18H23NO/c1-4-12-20-18-11-10-15-8-6-7-9-16(15)17(18)13-19-14(3)5-2/h4,6-11,14,19H,1,5,12-13H2,2-3H3/t14-/m1/s1. The van der Waals surface area contributed by atoms with Crippen LogP contribution in [-0.4, -0.2) is 12.6 Å². The summed E-state index contributed by atoms with van der Waals surface area (Å²) in [5.41, 5.74) is 1.23. The lowest BCUT2D eigenvalue weighted by molar-refractivity contribution is 0.357. The summed E-state index contributed by atoms with van der Waals surface area (Å²) in [5, 5.41) is 6.06. The minimum absolute atomic E-state index is 0.501. The fourth-order valence-corrected chi connectivity index (χ4v) is 2.20. The maximum atomic E-state index is 5.80. The zero-order valence-electron chi connectivity index (χ0n) is 12.4. The third kappa shape index (κ3) is 3.40. The zero-order chi connectivity index (χ0) is 14.4. The minimum Gasteiger partial charge on any atom is -0.489 e. The van der Waals surface area contributed by atoms with Gasteiger partial charge in [0.1, 0.15) is 12.4 Å². The van der Waals surface area contributed by atoms with E-state index in [9.17, 15) is 0 Å². The van der Waals surface area contributed by atoms with E-state index < -0.39 is 0 Å². The molecule has 0 aliphatic carbocycles. The van der Waals surface area contributed by atoms with Gasteiger partial charge in [0.2, 0.25) is 0 Å². The summed E-state index contributed by atoms with van der Waals surface area (Å²) in [5.74, 6) is 0.944. The highest BCUT2D eigenvalue weighted by Gasteiger charge is 2.09. The van der Waals surface area contributed by atoms with Gasteiger partial charge in [0, 0.05) is 18.2 Å². The number of rotatable bonds is 7. The van der Waals surface area contributed by atoms with Gasteiger partial charge in [-0.15, -0.1) is 0 Å². The summed E-state index contributed by atoms with van der Waals surface area (Å²) in [4.78, 5) is 0. The fourth-order valence-electron chi connectivity index (χ4n) is 2.20. The summed E-state index contributed by atoms with van der Waals surface area (Å²) in [6, 6.07) is 13.1. The Labute approximate surface area is 121 Å². The van der Waals surface area contributed by atoms with Crippen molar-refractivity contribution in [2.24, 2.45) is 0 Å². The van der Waals surface area contributed by atoms with Crippen LogP contribution in [0, 0.1) is 0 Å². The number of nitrogens with one attached hydrogen (secondary N) is 1. The second-order valence-electron chi connectivity index (χ2n) is 5.05. The van der Waals surface area contributed by atoms with Crippen LogP contribution in [-0.2, 0) is 6.54 Å². The molecule has 0 aromatic heterocycles. The molecule has 1 atom stereocenters. The van der Waals surface area contributed by atoms with Gasteiger partial charge in [-0.05, 0) is 30.2 Å². The van der Waals surface area contributed by atoms with E-state index in [0.717, 1.165) is 18.7 Å². The van der Waals surface area contributed by atoms with E-state index in [-0.39, 0.29) is 0 Å². The largest absolute Gasteiger partial charge is 0.489 e. The molecule has 0 heterocycles. The molecular weight excluding hydrogens is 246 g/mol. The van der Waals surface area contributed by atoms with Crippen molar-refractivity contribution in [1.29, 1.82) is 0 Å². The molecule has 2 nitrogen and oxygen atoms in total. The Balaban J connectivity index is 2.36. The van der Waals surface area contributed by atoms with Crippen LogP contribution in [0.3, 0.4) is 0 Å². The van der Waals surface area contributed by atoms with Crippen LogP contribution >= 0.6 is 0 Å². The Morgan fingerprint density at radius 3 is 2.80 bits per heavy atom. The molecular formula is C18H23NO. The van der Waals surface area contributed by atoms with Crippen molar-refractivity contribution in [3.05, 3.63) is 54.6 Å². The zero-order valence-corrected chi connectivity index (χ0v) is 12.4. The van der Waals surface area contributed by atoms with E-state index in [0.29, 0.717) is 12.6 Å². The Morgan fingerprint density at radius 2 is 2.05 bits per heavy atom. The number of ether oxygens (including phenoxy) is 1. The van der Waals surface area contributed by atoms with E-state index in [4.69, 9.17) is 4.74 Å². The van der Waals surface area contributed by atoms with Gasteiger partial charge in [0.15, 0.2) is 0 Å². The van der Waals surface area contributed by atoms with Gasteiger partial charge in [0.25, 0.3) is 0 Å². The molecule has 0 unspecified atom stereocenters. The lowest BCUT2D eigenvalue weighted by atomic mass is 10.0. The van der Waals surface area contributed by atoms with E-state index >= 15 is 0 Å². The molecule has 0 fully saturated rings. The Kier molecular flexibility index (Phi) is 5.19. The van der Waals surface area contributed by atoms with Gasteiger partial charge in [0.05, 0.1) is 0 Å². The van der Waals surface area contributed by atoms with Crippen LogP contribution in [0.4, 0.5) is 0 Å². The van der Waals surface area contributed by atoms with Crippen LogP contribution in [0.2, 0.25) is 0 Å². The van der Waals surface area contributed by atoms with Gasteiger partial charge >= 0.3 is 0 Å². The van der Waals surface area contributed by atoms with Gasteiger partial charge < -0.3 is 10.1 Å². The number of benzene rings is 2. The predicted molar refractivity (Wildman–Crippen MR) is 86.2 cm³/mol. The van der Waals surface area contributed by atoms with Crippen LogP contribution in [0.25, 0.3) is 10.8 Å². The molecule has 2 heteroatoms. The highest BCUT2D eigenvalue weighted by atomic mass is 16.5. The van der Waals surface area contributed by atoms with E-state index in [1.165, 1.54) is 16.3 Å². The average Bonchev–Trinajstić information content (AvgIpc) is 2.50. The quantitative estimate of drug-likeness (QED) is 0.757. The molecule has 0 saturated heterocycles. The van der Waals surface area contributed by atoms with E-state index in [1.54, 1.807) is 6.08 Å². The molecule has 0 aliphatic rings. The van der Waals surface area contributed by atoms with Crippen molar-refractivity contribution in [2.45, 2.75) is 32.9 Å². The molecule has 20 heavy (non-hydrogen) atoms. The first-order valence-electron chi connectivity index (χ1n) is 7.24. The smallest absolute Gasteiger partial charge is 0.124 e. The molecule has 0 amide bonds. The van der Waals surface area contributed by atoms with Crippen molar-refractivity contribution in [1.82, 2.24) is 5.32 Å². The van der Waals surface area contributed by atoms with Gasteiger partial charge in [-0.25, -0.2) is 0 Å². The second-order valence-corrected chi connectivity index (χ2v) is 5.05. The van der Waals surface area contributed by atoms with Gasteiger partial charge in [-0.3, -0.25) is 0 Å². The number of fused-ring (bicyclic) bond motifs is 1. The van der Waals surface area contributed by atoms with Gasteiger partial charge in [-0.2, -0.15) is 0 Å². The van der Waals surface area contributed by atoms with E-state index in [2.05, 4.69) is 62.1 Å². The molecule has 0 aliphatic heterocycles. The summed E-state index contributed by atoms with van der Waals surface area (Å²) in [6.45, 7) is 9.47. The molecule has 2 aromatic carbocycles. The third-order valence-corrected chi connectivity index (χ3v) is 3.59. The molecule has 0 radical (unpaired) electrons. The maximum absolute atomic E-state index is 5.80. The molecule has 1 N–H and O–H groups in total. The second kappa shape index (κ2) is 7.11. The first kappa shape index (κ1) is 14.6. The molecule has 2 rings (SSSR count). The summed E-state index contributed by atoms with van der Waals surface area (Å²) in [7, 11) is 0. The predicted octanol–water partition coefficient (Wildman–Crippen LogP) is 4.29. The topological polar surface area (TPSA) is 21.3 Å². The highest BCUT2D eigenvalue weighted by Crippen LogP contribution is 2.28. The summed E-state index contributed by atoms with van der Waals surface area (Å²) < 4.78 is 5.80. The van der Waals surface area contributed by atoms with Crippen LogP contribution < -0.4 is 10.1 Å². The monoisotopic (exact) mass is 269 g/mol. The number of hydrogen-bond acceptors (Lipinski definition) is 2. The molecule has 0 spiro atoms. The SMILES string of the molecule is C=CCOc1ccc2ccccc2c1CN[C@H](C)CC. The first-order chi connectivity index (χ1) is 9.76. The Bertz CT molecular complexity index is 577. The molecule has 0 bridgehead atoms. The van der Waals surface area contributed by atoms with Crippen molar-refractivity contribution >= 4 is 10.8 Å². The Morgan fingerprint density at radius 1 is 1.25 bits per heavy atom. The minimum atomic E-state index is 0.501. The fraction of sp³-hybridized carbons (Fsp3) is 0.333. The van der Waals surface area contributed by atoms with E-state index in [1.807, 2.05) is 0 Å². The number of hydrogen-bond donors (Lipinski definition) is 1. The van der Waals surface area contributed by atoms with Gasteiger partial charge in [-0.1, -0.05) is 49.9 Å². The summed E-state index contributed by atoms with van der Waals surface area (Å²) in [6.07, 6.45) is 2.90. The van der Waals surface area contributed by atoms with Crippen LogP contribution in [0.15, 0.2) is 49.1 Å². The summed E-state index contributed by atoms with van der Waals surface area (Å²) >= 11 is 0. The van der Waals surface area contributed by atoms with Crippen LogP contribution in [0.5, 0.6) is 5.75 Å². The third-order valence-electron chi connectivity index (χ3n) is 3.59. The van der Waals surface area contributed by atoms with Crippen molar-refractivity contribution in [2.75, 3.05) is 6.61 Å².